The van der Waals surface area contributed by atoms with Crippen LogP contribution in [-0.4, -0.2) is 38.6 Å². The normalized spacial score (nSPS) is 12.6. The van der Waals surface area contributed by atoms with Crippen molar-refractivity contribution >= 4 is 10.1 Å². The van der Waals surface area contributed by atoms with E-state index in [1.54, 1.807) is 18.2 Å². The van der Waals surface area contributed by atoms with Crippen LogP contribution in [-0.2, 0) is 16.5 Å². The van der Waals surface area contributed by atoms with Gasteiger partial charge in [0.1, 0.15) is 16.2 Å². The molecule has 1 atom stereocenters. The topological polar surface area (TPSA) is 57.2 Å². The van der Waals surface area contributed by atoms with E-state index in [9.17, 15) is 13.0 Å². The van der Waals surface area contributed by atoms with Crippen LogP contribution in [0.3, 0.4) is 0 Å². The summed E-state index contributed by atoms with van der Waals surface area (Å²) in [4.78, 5) is -0.0501. The first kappa shape index (κ1) is 30.3. The Morgan fingerprint density at radius 3 is 1.71 bits per heavy atom. The van der Waals surface area contributed by atoms with Crippen LogP contribution in [0.2, 0.25) is 0 Å². The summed E-state index contributed by atoms with van der Waals surface area (Å²) in [6.45, 7) is 4.49. The SMILES string of the molecule is CC(c1ccccc1)[N+](C)(C)C.CCCCCCCCCCCCc1ccccc1S(=O)(=O)[O-]. The Morgan fingerprint density at radius 1 is 0.735 bits per heavy atom. The standard InChI is InChI=1S/C18H30O3S.C11H18N/c1-2-3-4-5-6-7-8-9-10-11-14-17-15-12-13-16-18(17)22(19,20)21;1-10(12(2,3)4)11-8-6-5-7-9-11/h12-13,15-16H,2-11,14H2,1H3,(H,19,20,21);5-10H,1-4H3/q;+1/p-1. The summed E-state index contributed by atoms with van der Waals surface area (Å²) >= 11 is 0. The predicted molar refractivity (Wildman–Crippen MR) is 143 cm³/mol. The number of nitrogens with zero attached hydrogens (tertiary/aromatic N) is 1. The van der Waals surface area contributed by atoms with Crippen LogP contribution in [0, 0.1) is 0 Å². The summed E-state index contributed by atoms with van der Waals surface area (Å²) in [5.41, 5.74) is 2.07. The number of aryl methyl sites for hydroxylation is 1. The van der Waals surface area contributed by atoms with Gasteiger partial charge in [0.25, 0.3) is 0 Å². The average molecular weight is 490 g/mol. The zero-order chi connectivity index (χ0) is 25.5. The molecule has 0 bridgehead atoms. The molecule has 2 rings (SSSR count). The molecule has 0 aliphatic rings. The van der Waals surface area contributed by atoms with Crippen molar-refractivity contribution < 1.29 is 17.5 Å². The van der Waals surface area contributed by atoms with E-state index in [4.69, 9.17) is 0 Å². The van der Waals surface area contributed by atoms with Gasteiger partial charge in [-0.05, 0) is 31.4 Å². The third-order valence-electron chi connectivity index (χ3n) is 6.49. The van der Waals surface area contributed by atoms with Crippen molar-refractivity contribution in [1.29, 1.82) is 0 Å². The minimum atomic E-state index is -4.35. The summed E-state index contributed by atoms with van der Waals surface area (Å²) in [5.74, 6) is 0. The quantitative estimate of drug-likeness (QED) is 0.157. The number of hydrogen-bond acceptors (Lipinski definition) is 3. The molecule has 4 nitrogen and oxygen atoms in total. The van der Waals surface area contributed by atoms with Crippen LogP contribution < -0.4 is 0 Å². The zero-order valence-corrected chi connectivity index (χ0v) is 22.9. The van der Waals surface area contributed by atoms with Crippen molar-refractivity contribution in [2.75, 3.05) is 21.1 Å². The van der Waals surface area contributed by atoms with E-state index in [-0.39, 0.29) is 4.90 Å². The fraction of sp³-hybridized carbons (Fsp3) is 0.586. The lowest BCUT2D eigenvalue weighted by molar-refractivity contribution is -0.900. The lowest BCUT2D eigenvalue weighted by Crippen LogP contribution is -2.37. The Morgan fingerprint density at radius 2 is 1.21 bits per heavy atom. The fourth-order valence-corrected chi connectivity index (χ4v) is 4.67. The maximum Gasteiger partial charge on any atom is 0.124 e. The highest BCUT2D eigenvalue weighted by atomic mass is 32.2. The zero-order valence-electron chi connectivity index (χ0n) is 22.1. The third-order valence-corrected chi connectivity index (χ3v) is 7.42. The van der Waals surface area contributed by atoms with Gasteiger partial charge in [0, 0.05) is 5.56 Å². The lowest BCUT2D eigenvalue weighted by Gasteiger charge is -2.31. The first-order valence-electron chi connectivity index (χ1n) is 13.0. The van der Waals surface area contributed by atoms with Crippen LogP contribution in [0.1, 0.15) is 95.2 Å². The molecule has 1 unspecified atom stereocenters. The molecule has 0 N–H and O–H groups in total. The van der Waals surface area contributed by atoms with Gasteiger partial charge in [-0.25, -0.2) is 8.42 Å². The Balaban J connectivity index is 0.000000404. The largest absolute Gasteiger partial charge is 0.744 e. The van der Waals surface area contributed by atoms with Crippen molar-refractivity contribution in [1.82, 2.24) is 0 Å². The van der Waals surface area contributed by atoms with E-state index in [0.29, 0.717) is 18.0 Å². The third kappa shape index (κ3) is 12.7. The summed E-state index contributed by atoms with van der Waals surface area (Å²) in [6.07, 6.45) is 13.2. The van der Waals surface area contributed by atoms with Crippen molar-refractivity contribution in [2.45, 2.75) is 95.4 Å². The molecule has 2 aromatic rings. The van der Waals surface area contributed by atoms with Crippen LogP contribution in [0.25, 0.3) is 0 Å². The summed E-state index contributed by atoms with van der Waals surface area (Å²) < 4.78 is 34.5. The van der Waals surface area contributed by atoms with E-state index in [2.05, 4.69) is 65.3 Å². The number of hydrogen-bond donors (Lipinski definition) is 0. The average Bonchev–Trinajstić information content (AvgIpc) is 2.80. The number of rotatable bonds is 14. The molecule has 34 heavy (non-hydrogen) atoms. The predicted octanol–water partition coefficient (Wildman–Crippen LogP) is 7.51. The molecule has 0 saturated heterocycles. The molecule has 2 aromatic carbocycles. The Kier molecular flexibility index (Phi) is 14.3. The van der Waals surface area contributed by atoms with Crippen LogP contribution in [0.4, 0.5) is 0 Å². The van der Waals surface area contributed by atoms with Gasteiger partial charge in [-0.3, -0.25) is 0 Å². The monoisotopic (exact) mass is 489 g/mol. The van der Waals surface area contributed by atoms with Gasteiger partial charge in [0.2, 0.25) is 0 Å². The molecule has 0 fully saturated rings. The van der Waals surface area contributed by atoms with Gasteiger partial charge >= 0.3 is 0 Å². The highest BCUT2D eigenvalue weighted by Gasteiger charge is 2.19. The molecule has 0 amide bonds. The van der Waals surface area contributed by atoms with Gasteiger partial charge < -0.3 is 9.04 Å². The smallest absolute Gasteiger partial charge is 0.124 e. The van der Waals surface area contributed by atoms with Gasteiger partial charge in [0.05, 0.1) is 26.0 Å². The molecule has 0 aromatic heterocycles. The number of unbranched alkanes of at least 4 members (excludes halogenated alkanes) is 9. The molecule has 5 heteroatoms. The van der Waals surface area contributed by atoms with E-state index < -0.39 is 10.1 Å². The number of benzene rings is 2. The minimum Gasteiger partial charge on any atom is -0.744 e. The van der Waals surface area contributed by atoms with Crippen molar-refractivity contribution in [3.8, 4) is 0 Å². The fourth-order valence-electron chi connectivity index (χ4n) is 3.94. The Labute approximate surface area is 209 Å². The van der Waals surface area contributed by atoms with Gasteiger partial charge in [-0.2, -0.15) is 0 Å². The van der Waals surface area contributed by atoms with Gasteiger partial charge in [0.15, 0.2) is 0 Å². The molecule has 0 saturated carbocycles. The van der Waals surface area contributed by atoms with Gasteiger partial charge in [-0.15, -0.1) is 0 Å². The lowest BCUT2D eigenvalue weighted by atomic mass is 10.0. The highest BCUT2D eigenvalue weighted by molar-refractivity contribution is 7.85. The molecule has 0 aliphatic heterocycles. The first-order chi connectivity index (χ1) is 16.1. The second-order valence-electron chi connectivity index (χ2n) is 10.2. The molecular weight excluding hydrogens is 442 g/mol. The van der Waals surface area contributed by atoms with E-state index >= 15 is 0 Å². The second kappa shape index (κ2) is 16.1. The van der Waals surface area contributed by atoms with Crippen molar-refractivity contribution in [2.24, 2.45) is 0 Å². The molecular formula is C29H47NO3S. The number of quaternary nitrogens is 1. The maximum absolute atomic E-state index is 11.2. The molecule has 0 heterocycles. The van der Waals surface area contributed by atoms with E-state index in [1.165, 1.54) is 63.0 Å². The summed E-state index contributed by atoms with van der Waals surface area (Å²) in [7, 11) is 2.31. The molecule has 0 spiro atoms. The summed E-state index contributed by atoms with van der Waals surface area (Å²) in [6, 6.07) is 17.8. The molecule has 0 radical (unpaired) electrons. The Bertz CT molecular complexity index is 889. The maximum atomic E-state index is 11.2. The van der Waals surface area contributed by atoms with Crippen LogP contribution in [0.15, 0.2) is 59.5 Å². The molecule has 192 valence electrons. The first-order valence-corrected chi connectivity index (χ1v) is 14.4. The second-order valence-corrected chi connectivity index (χ2v) is 11.5. The van der Waals surface area contributed by atoms with Crippen molar-refractivity contribution in [3.63, 3.8) is 0 Å². The highest BCUT2D eigenvalue weighted by Crippen LogP contribution is 2.21. The Hall–Kier alpha value is -1.69. The minimum absolute atomic E-state index is 0.0501. The van der Waals surface area contributed by atoms with Crippen LogP contribution >= 0.6 is 0 Å². The van der Waals surface area contributed by atoms with Gasteiger partial charge in [-0.1, -0.05) is 113 Å². The van der Waals surface area contributed by atoms with Crippen LogP contribution in [0.5, 0.6) is 0 Å². The molecule has 0 aliphatic carbocycles. The van der Waals surface area contributed by atoms with E-state index in [0.717, 1.165) is 17.3 Å². The van der Waals surface area contributed by atoms with Crippen molar-refractivity contribution in [3.05, 3.63) is 65.7 Å². The van der Waals surface area contributed by atoms with E-state index in [1.807, 2.05) is 0 Å². The summed E-state index contributed by atoms with van der Waals surface area (Å²) in [5, 5.41) is 0.